The number of rotatable bonds is 3. The van der Waals surface area contributed by atoms with Crippen molar-refractivity contribution in [3.63, 3.8) is 0 Å². The van der Waals surface area contributed by atoms with Crippen molar-refractivity contribution in [1.82, 2.24) is 20.4 Å². The van der Waals surface area contributed by atoms with E-state index in [2.05, 4.69) is 15.5 Å². The Balaban J connectivity index is 1.81. The maximum absolute atomic E-state index is 12.4. The second-order valence-corrected chi connectivity index (χ2v) is 7.37. The van der Waals surface area contributed by atoms with Gasteiger partial charge in [0, 0.05) is 5.75 Å². The molecule has 3 rings (SSSR count). The number of amides is 2. The number of nitrogens with one attached hydrogen (secondary N) is 1. The van der Waals surface area contributed by atoms with E-state index in [1.54, 1.807) is 23.6 Å². The fourth-order valence-corrected chi connectivity index (χ4v) is 4.23. The zero-order chi connectivity index (χ0) is 15.9. The molecule has 9 heteroatoms. The lowest BCUT2D eigenvalue weighted by molar-refractivity contribution is -0.140. The van der Waals surface area contributed by atoms with E-state index in [0.717, 1.165) is 11.3 Å². The van der Waals surface area contributed by atoms with Crippen LogP contribution < -0.4 is 5.32 Å². The van der Waals surface area contributed by atoms with Gasteiger partial charge in [0.15, 0.2) is 5.82 Å². The monoisotopic (exact) mass is 340 g/mol. The van der Waals surface area contributed by atoms with Crippen LogP contribution in [0.2, 0.25) is 0 Å². The molecule has 3 heterocycles. The van der Waals surface area contributed by atoms with Gasteiger partial charge >= 0.3 is 0 Å². The Hall–Kier alpha value is -1.48. The van der Waals surface area contributed by atoms with Gasteiger partial charge in [0.2, 0.25) is 0 Å². The van der Waals surface area contributed by atoms with Crippen LogP contribution >= 0.6 is 23.5 Å². The lowest BCUT2D eigenvalue weighted by atomic mass is 10.0. The standard InChI is InChI=1S/C13H16N4O3S2/c1-4-21-13(19)15-8-11(18)17-9(6(2)5-22-12(8)17)10-14-7(3)16-20-10/h8,12H,4-5H2,1-3H3,(H,15,19). The van der Waals surface area contributed by atoms with Gasteiger partial charge in [0.05, 0.1) is 0 Å². The Morgan fingerprint density at radius 3 is 2.95 bits per heavy atom. The summed E-state index contributed by atoms with van der Waals surface area (Å²) in [4.78, 5) is 30.0. The Bertz CT molecular complexity index is 657. The van der Waals surface area contributed by atoms with Crippen molar-refractivity contribution in [2.75, 3.05) is 11.5 Å². The lowest BCUT2D eigenvalue weighted by Crippen LogP contribution is -2.69. The Labute approximate surface area is 136 Å². The number of nitrogens with zero attached hydrogens (tertiary/aromatic N) is 3. The first-order valence-corrected chi connectivity index (χ1v) is 8.94. The zero-order valence-corrected chi connectivity index (χ0v) is 14.1. The summed E-state index contributed by atoms with van der Waals surface area (Å²) in [6.45, 7) is 5.59. The molecule has 0 spiro atoms. The van der Waals surface area contributed by atoms with Gasteiger partial charge < -0.3 is 9.84 Å². The second kappa shape index (κ2) is 5.96. The van der Waals surface area contributed by atoms with Gasteiger partial charge in [-0.25, -0.2) is 0 Å². The highest BCUT2D eigenvalue weighted by molar-refractivity contribution is 8.13. The number of thioether (sulfide) groups is 2. The van der Waals surface area contributed by atoms with Crippen LogP contribution in [0, 0.1) is 6.92 Å². The maximum Gasteiger partial charge on any atom is 0.279 e. The molecule has 1 saturated heterocycles. The van der Waals surface area contributed by atoms with E-state index in [4.69, 9.17) is 4.52 Å². The minimum Gasteiger partial charge on any atom is -0.332 e. The summed E-state index contributed by atoms with van der Waals surface area (Å²) in [6, 6.07) is -0.483. The fourth-order valence-electron chi connectivity index (χ4n) is 2.47. The summed E-state index contributed by atoms with van der Waals surface area (Å²) in [5.41, 5.74) is 1.70. The van der Waals surface area contributed by atoms with Crippen LogP contribution in [0.15, 0.2) is 10.1 Å². The minimum absolute atomic E-state index is 0.111. The molecule has 1 fully saturated rings. The first-order valence-electron chi connectivity index (χ1n) is 6.91. The summed E-state index contributed by atoms with van der Waals surface area (Å²) in [5, 5.41) is 6.29. The van der Waals surface area contributed by atoms with Crippen molar-refractivity contribution >= 4 is 40.4 Å². The van der Waals surface area contributed by atoms with E-state index >= 15 is 0 Å². The highest BCUT2D eigenvalue weighted by Gasteiger charge is 2.53. The molecule has 0 aromatic carbocycles. The third-order valence-corrected chi connectivity index (χ3v) is 5.53. The minimum atomic E-state index is -0.483. The van der Waals surface area contributed by atoms with E-state index in [1.807, 2.05) is 13.8 Å². The van der Waals surface area contributed by atoms with E-state index in [9.17, 15) is 9.59 Å². The summed E-state index contributed by atoms with van der Waals surface area (Å²) in [5.74, 6) is 2.20. The van der Waals surface area contributed by atoms with Gasteiger partial charge in [-0.05, 0) is 25.2 Å². The predicted octanol–water partition coefficient (Wildman–Crippen LogP) is 1.86. The van der Waals surface area contributed by atoms with Gasteiger partial charge in [-0.3, -0.25) is 14.5 Å². The number of β-lactam (4-membered cyclic amide) rings is 1. The van der Waals surface area contributed by atoms with Crippen molar-refractivity contribution in [2.45, 2.75) is 32.2 Å². The van der Waals surface area contributed by atoms with Gasteiger partial charge in [-0.2, -0.15) is 4.98 Å². The molecule has 0 saturated carbocycles. The number of hydrogen-bond acceptors (Lipinski definition) is 7. The summed E-state index contributed by atoms with van der Waals surface area (Å²) in [7, 11) is 0. The smallest absolute Gasteiger partial charge is 0.279 e. The second-order valence-electron chi connectivity index (χ2n) is 5.03. The normalized spacial score (nSPS) is 24.1. The number of carbonyl (C=O) groups excluding carboxylic acids is 2. The molecule has 1 aromatic rings. The molecule has 0 radical (unpaired) electrons. The van der Waals surface area contributed by atoms with Crippen molar-refractivity contribution in [3.8, 4) is 0 Å². The van der Waals surface area contributed by atoms with E-state index in [0.29, 0.717) is 23.2 Å². The van der Waals surface area contributed by atoms with Crippen LogP contribution in [0.5, 0.6) is 0 Å². The Morgan fingerprint density at radius 1 is 1.55 bits per heavy atom. The number of hydrogen-bond donors (Lipinski definition) is 1. The molecule has 0 aliphatic carbocycles. The molecule has 1 aromatic heterocycles. The average molecular weight is 340 g/mol. The SMILES string of the molecule is CCSC(=O)NC1C(=O)N2C(c3nc(C)no3)=C(C)CSC12. The molecule has 2 aliphatic rings. The maximum atomic E-state index is 12.4. The quantitative estimate of drug-likeness (QED) is 0.840. The highest BCUT2D eigenvalue weighted by atomic mass is 32.2. The molecule has 118 valence electrons. The Kier molecular flexibility index (Phi) is 4.18. The molecule has 2 unspecified atom stereocenters. The molecule has 22 heavy (non-hydrogen) atoms. The van der Waals surface area contributed by atoms with E-state index in [1.165, 1.54) is 11.8 Å². The van der Waals surface area contributed by atoms with Crippen molar-refractivity contribution in [2.24, 2.45) is 0 Å². The molecular formula is C13H16N4O3S2. The molecule has 2 aliphatic heterocycles. The van der Waals surface area contributed by atoms with Crippen LogP contribution in [-0.2, 0) is 4.79 Å². The number of aromatic nitrogens is 2. The van der Waals surface area contributed by atoms with E-state index < -0.39 is 6.04 Å². The van der Waals surface area contributed by atoms with Crippen molar-refractivity contribution in [1.29, 1.82) is 0 Å². The summed E-state index contributed by atoms with van der Waals surface area (Å²) >= 11 is 2.80. The topological polar surface area (TPSA) is 88.3 Å². The molecule has 2 atom stereocenters. The molecule has 0 bridgehead atoms. The van der Waals surface area contributed by atoms with E-state index in [-0.39, 0.29) is 16.5 Å². The first kappa shape index (κ1) is 15.4. The fraction of sp³-hybridized carbons (Fsp3) is 0.538. The third-order valence-electron chi connectivity index (χ3n) is 3.44. The van der Waals surface area contributed by atoms with Crippen molar-refractivity contribution < 1.29 is 14.1 Å². The summed E-state index contributed by atoms with van der Waals surface area (Å²) in [6.07, 6.45) is 0. The van der Waals surface area contributed by atoms with Crippen LogP contribution in [0.25, 0.3) is 5.70 Å². The van der Waals surface area contributed by atoms with Crippen LogP contribution in [0.1, 0.15) is 25.6 Å². The largest absolute Gasteiger partial charge is 0.332 e. The molecule has 2 amide bonds. The Morgan fingerprint density at radius 2 is 2.32 bits per heavy atom. The summed E-state index contributed by atoms with van der Waals surface area (Å²) < 4.78 is 5.22. The highest BCUT2D eigenvalue weighted by Crippen LogP contribution is 2.43. The lowest BCUT2D eigenvalue weighted by Gasteiger charge is -2.49. The number of carbonyl (C=O) groups is 2. The van der Waals surface area contributed by atoms with Gasteiger partial charge in [0.1, 0.15) is 17.1 Å². The van der Waals surface area contributed by atoms with Gasteiger partial charge in [-0.15, -0.1) is 11.8 Å². The van der Waals surface area contributed by atoms with Crippen LogP contribution in [0.3, 0.4) is 0 Å². The number of aryl methyl sites for hydroxylation is 1. The average Bonchev–Trinajstić information content (AvgIpc) is 2.91. The molecule has 7 nitrogen and oxygen atoms in total. The van der Waals surface area contributed by atoms with Crippen LogP contribution in [0.4, 0.5) is 4.79 Å². The number of fused-ring (bicyclic) bond motifs is 1. The molecular weight excluding hydrogens is 324 g/mol. The zero-order valence-electron chi connectivity index (χ0n) is 12.5. The van der Waals surface area contributed by atoms with Crippen molar-refractivity contribution in [3.05, 3.63) is 17.3 Å². The third kappa shape index (κ3) is 2.52. The van der Waals surface area contributed by atoms with Gasteiger partial charge in [-0.1, -0.05) is 23.8 Å². The molecule has 1 N–H and O–H groups in total. The predicted molar refractivity (Wildman–Crippen MR) is 85.2 cm³/mol. The first-order chi connectivity index (χ1) is 10.5. The van der Waals surface area contributed by atoms with Crippen LogP contribution in [-0.4, -0.2) is 49.1 Å². The van der Waals surface area contributed by atoms with Gasteiger partial charge in [0.25, 0.3) is 17.0 Å².